The fraction of sp³-hybridized carbons (Fsp3) is 0.350. The number of ether oxygens (including phenoxy) is 3. The number of hydrogen-bond donors (Lipinski definition) is 1. The molecule has 1 aliphatic rings. The van der Waals surface area contributed by atoms with Gasteiger partial charge in [-0.3, -0.25) is 4.79 Å². The van der Waals surface area contributed by atoms with Crippen molar-refractivity contribution >= 4 is 5.78 Å². The Balaban J connectivity index is 1.96. The van der Waals surface area contributed by atoms with Crippen LogP contribution >= 0.6 is 0 Å². The predicted octanol–water partition coefficient (Wildman–Crippen LogP) is 2.87. The molecule has 0 saturated carbocycles. The lowest BCUT2D eigenvalue weighted by Crippen LogP contribution is -2.26. The highest BCUT2D eigenvalue weighted by atomic mass is 16.5. The number of rotatable bonds is 6. The van der Waals surface area contributed by atoms with E-state index < -0.39 is 6.10 Å². The molecule has 0 aliphatic carbocycles. The molecule has 3 rings (SSSR count). The quantitative estimate of drug-likeness (QED) is 0.874. The first-order valence-electron chi connectivity index (χ1n) is 8.30. The first-order chi connectivity index (χ1) is 12.2. The number of Topliss-reactive ketones (excluding diaryl/α,β-unsaturated/α-hetero) is 1. The van der Waals surface area contributed by atoms with Gasteiger partial charge in [-0.15, -0.1) is 0 Å². The maximum atomic E-state index is 12.6. The van der Waals surface area contributed by atoms with Gasteiger partial charge in [-0.05, 0) is 36.6 Å². The van der Waals surface area contributed by atoms with E-state index in [2.05, 4.69) is 0 Å². The molecule has 0 bridgehead atoms. The monoisotopic (exact) mass is 342 g/mol. The largest absolute Gasteiger partial charge is 0.496 e. The summed E-state index contributed by atoms with van der Waals surface area (Å²) in [6, 6.07) is 11.2. The molecular weight excluding hydrogens is 320 g/mol. The average Bonchev–Trinajstić information content (AvgIpc) is 2.65. The summed E-state index contributed by atoms with van der Waals surface area (Å²) in [7, 11) is 3.19. The second-order valence-electron chi connectivity index (χ2n) is 5.98. The molecule has 0 fully saturated rings. The van der Waals surface area contributed by atoms with E-state index >= 15 is 0 Å². The molecular formula is C20H22O5. The molecule has 25 heavy (non-hydrogen) atoms. The summed E-state index contributed by atoms with van der Waals surface area (Å²) in [5.41, 5.74) is 2.51. The van der Waals surface area contributed by atoms with Crippen LogP contribution in [0.2, 0.25) is 0 Å². The third kappa shape index (κ3) is 3.46. The van der Waals surface area contributed by atoms with Crippen molar-refractivity contribution in [2.75, 3.05) is 20.8 Å². The minimum Gasteiger partial charge on any atom is -0.496 e. The van der Waals surface area contributed by atoms with E-state index in [0.717, 1.165) is 22.4 Å². The summed E-state index contributed by atoms with van der Waals surface area (Å²) in [6.07, 6.45) is 0.935. The SMILES string of the molecule is COc1cc2c(cc1CCCO)OC(c1ccccc1OC)C(=O)C2. The molecule has 0 amide bonds. The van der Waals surface area contributed by atoms with Crippen molar-refractivity contribution in [3.63, 3.8) is 0 Å². The van der Waals surface area contributed by atoms with Gasteiger partial charge in [0.1, 0.15) is 17.2 Å². The van der Waals surface area contributed by atoms with Crippen LogP contribution in [0.4, 0.5) is 0 Å². The van der Waals surface area contributed by atoms with Gasteiger partial charge in [0.2, 0.25) is 0 Å². The van der Waals surface area contributed by atoms with Crippen molar-refractivity contribution in [2.24, 2.45) is 0 Å². The zero-order chi connectivity index (χ0) is 17.8. The van der Waals surface area contributed by atoms with Gasteiger partial charge in [-0.2, -0.15) is 0 Å². The van der Waals surface area contributed by atoms with Crippen LogP contribution in [-0.2, 0) is 17.6 Å². The van der Waals surface area contributed by atoms with E-state index in [0.29, 0.717) is 24.3 Å². The van der Waals surface area contributed by atoms with Crippen LogP contribution in [0.1, 0.15) is 29.2 Å². The summed E-state index contributed by atoms with van der Waals surface area (Å²) in [5.74, 6) is 2.03. The first kappa shape index (κ1) is 17.3. The second kappa shape index (κ2) is 7.57. The number of hydrogen-bond acceptors (Lipinski definition) is 5. The van der Waals surface area contributed by atoms with Crippen LogP contribution in [0, 0.1) is 0 Å². The Morgan fingerprint density at radius 3 is 2.64 bits per heavy atom. The zero-order valence-electron chi connectivity index (χ0n) is 14.5. The molecule has 2 aromatic carbocycles. The van der Waals surface area contributed by atoms with Crippen molar-refractivity contribution in [3.8, 4) is 17.2 Å². The van der Waals surface area contributed by atoms with Crippen molar-refractivity contribution in [1.82, 2.24) is 0 Å². The van der Waals surface area contributed by atoms with Gasteiger partial charge >= 0.3 is 0 Å². The van der Waals surface area contributed by atoms with E-state index in [9.17, 15) is 4.79 Å². The Bertz CT molecular complexity index is 769. The maximum absolute atomic E-state index is 12.6. The van der Waals surface area contributed by atoms with Gasteiger partial charge < -0.3 is 19.3 Å². The van der Waals surface area contributed by atoms with Crippen molar-refractivity contribution in [1.29, 1.82) is 0 Å². The number of aliphatic hydroxyl groups excluding tert-OH is 1. The number of carbonyl (C=O) groups is 1. The van der Waals surface area contributed by atoms with Gasteiger partial charge in [-0.1, -0.05) is 18.2 Å². The molecule has 0 saturated heterocycles. The van der Waals surface area contributed by atoms with E-state index in [1.54, 1.807) is 14.2 Å². The molecule has 1 unspecified atom stereocenters. The molecule has 0 radical (unpaired) electrons. The molecule has 5 heteroatoms. The van der Waals surface area contributed by atoms with Crippen molar-refractivity contribution < 1.29 is 24.1 Å². The number of fused-ring (bicyclic) bond motifs is 1. The van der Waals surface area contributed by atoms with Crippen LogP contribution in [0.25, 0.3) is 0 Å². The number of ketones is 1. The fourth-order valence-electron chi connectivity index (χ4n) is 3.14. The van der Waals surface area contributed by atoms with E-state index in [1.165, 1.54) is 0 Å². The molecule has 0 aromatic heterocycles. The number of methoxy groups -OCH3 is 2. The van der Waals surface area contributed by atoms with Crippen LogP contribution < -0.4 is 14.2 Å². The molecule has 2 aromatic rings. The van der Waals surface area contributed by atoms with Gasteiger partial charge in [0.15, 0.2) is 11.9 Å². The lowest BCUT2D eigenvalue weighted by Gasteiger charge is -2.27. The second-order valence-corrected chi connectivity index (χ2v) is 5.98. The zero-order valence-corrected chi connectivity index (χ0v) is 14.5. The molecule has 0 spiro atoms. The van der Waals surface area contributed by atoms with E-state index in [4.69, 9.17) is 19.3 Å². The maximum Gasteiger partial charge on any atom is 0.186 e. The highest BCUT2D eigenvalue weighted by molar-refractivity contribution is 5.89. The van der Waals surface area contributed by atoms with Gasteiger partial charge in [-0.25, -0.2) is 0 Å². The third-order valence-corrected chi connectivity index (χ3v) is 4.39. The van der Waals surface area contributed by atoms with E-state index in [1.807, 2.05) is 36.4 Å². The van der Waals surface area contributed by atoms with E-state index in [-0.39, 0.29) is 18.8 Å². The molecule has 1 N–H and O–H groups in total. The number of aliphatic hydroxyl groups is 1. The molecule has 5 nitrogen and oxygen atoms in total. The Labute approximate surface area is 147 Å². The van der Waals surface area contributed by atoms with Crippen LogP contribution in [-0.4, -0.2) is 31.7 Å². The average molecular weight is 342 g/mol. The summed E-state index contributed by atoms with van der Waals surface area (Å²) in [4.78, 5) is 12.6. The Kier molecular flexibility index (Phi) is 5.24. The van der Waals surface area contributed by atoms with Gasteiger partial charge in [0.25, 0.3) is 0 Å². The smallest absolute Gasteiger partial charge is 0.186 e. The van der Waals surface area contributed by atoms with Crippen molar-refractivity contribution in [3.05, 3.63) is 53.1 Å². The Morgan fingerprint density at radius 2 is 1.92 bits per heavy atom. The number of benzene rings is 2. The van der Waals surface area contributed by atoms with Gasteiger partial charge in [0, 0.05) is 24.2 Å². The minimum atomic E-state index is -0.678. The van der Waals surface area contributed by atoms with Crippen LogP contribution in [0.5, 0.6) is 17.2 Å². The predicted molar refractivity (Wildman–Crippen MR) is 93.5 cm³/mol. The number of carbonyl (C=O) groups excluding carboxylic acids is 1. The summed E-state index contributed by atoms with van der Waals surface area (Å²) in [6.45, 7) is 0.115. The first-order valence-corrected chi connectivity index (χ1v) is 8.30. The lowest BCUT2D eigenvalue weighted by molar-refractivity contribution is -0.126. The number of aryl methyl sites for hydroxylation is 1. The number of para-hydroxylation sites is 1. The van der Waals surface area contributed by atoms with Crippen LogP contribution in [0.3, 0.4) is 0 Å². The molecule has 1 heterocycles. The summed E-state index contributed by atoms with van der Waals surface area (Å²) >= 11 is 0. The fourth-order valence-corrected chi connectivity index (χ4v) is 3.14. The molecule has 132 valence electrons. The Hall–Kier alpha value is -2.53. The van der Waals surface area contributed by atoms with Gasteiger partial charge in [0.05, 0.1) is 14.2 Å². The highest BCUT2D eigenvalue weighted by Gasteiger charge is 2.32. The summed E-state index contributed by atoms with van der Waals surface area (Å²) in [5, 5.41) is 9.08. The summed E-state index contributed by atoms with van der Waals surface area (Å²) < 4.78 is 16.8. The van der Waals surface area contributed by atoms with Crippen LogP contribution in [0.15, 0.2) is 36.4 Å². The molecule has 1 atom stereocenters. The Morgan fingerprint density at radius 1 is 1.16 bits per heavy atom. The topological polar surface area (TPSA) is 65.0 Å². The normalized spacial score (nSPS) is 16.1. The highest BCUT2D eigenvalue weighted by Crippen LogP contribution is 2.39. The van der Waals surface area contributed by atoms with Crippen molar-refractivity contribution in [2.45, 2.75) is 25.4 Å². The minimum absolute atomic E-state index is 0.0119. The lowest BCUT2D eigenvalue weighted by atomic mass is 9.94. The standard InChI is InChI=1S/C20H22O5/c1-23-17-8-4-3-7-15(17)20-16(22)10-14-12-18(24-2)13(6-5-9-21)11-19(14)25-20/h3-4,7-8,11-12,20-21H,5-6,9-10H2,1-2H3. The molecule has 1 aliphatic heterocycles. The third-order valence-electron chi connectivity index (χ3n) is 4.39.